The molecule has 0 radical (unpaired) electrons. The minimum absolute atomic E-state index is 0.193. The smallest absolute Gasteiger partial charge is 0.307 e. The van der Waals surface area contributed by atoms with Crippen molar-refractivity contribution < 1.29 is 9.90 Å². The Hall–Kier alpha value is -0.900. The highest BCUT2D eigenvalue weighted by molar-refractivity contribution is 7.98. The Bertz CT molecular complexity index is 420. The second-order valence-corrected chi connectivity index (χ2v) is 5.30. The summed E-state index contributed by atoms with van der Waals surface area (Å²) in [5, 5.41) is 8.92. The predicted octanol–water partition coefficient (Wildman–Crippen LogP) is 2.27. The van der Waals surface area contributed by atoms with Crippen LogP contribution >= 0.6 is 11.8 Å². The van der Waals surface area contributed by atoms with Crippen molar-refractivity contribution in [2.45, 2.75) is 36.7 Å². The van der Waals surface area contributed by atoms with Gasteiger partial charge in [-0.25, -0.2) is 0 Å². The molecule has 1 aliphatic carbocycles. The van der Waals surface area contributed by atoms with Crippen molar-refractivity contribution in [3.63, 3.8) is 0 Å². The maximum atomic E-state index is 10.8. The van der Waals surface area contributed by atoms with Crippen LogP contribution in [-0.4, -0.2) is 16.1 Å². The minimum atomic E-state index is -0.712. The fourth-order valence-corrected chi connectivity index (χ4v) is 3.39. The van der Waals surface area contributed by atoms with Gasteiger partial charge >= 0.3 is 5.97 Å². The zero-order valence-corrected chi connectivity index (χ0v) is 9.19. The highest BCUT2D eigenvalue weighted by Gasteiger charge is 2.32. The van der Waals surface area contributed by atoms with E-state index in [0.29, 0.717) is 5.92 Å². The van der Waals surface area contributed by atoms with E-state index in [0.717, 1.165) is 17.1 Å². The molecule has 80 valence electrons. The van der Waals surface area contributed by atoms with Crippen LogP contribution in [0.25, 0.3) is 0 Å². The number of thioether (sulfide) groups is 1. The van der Waals surface area contributed by atoms with Crippen LogP contribution in [0.15, 0.2) is 0 Å². The van der Waals surface area contributed by atoms with E-state index in [-0.39, 0.29) is 6.42 Å². The molecular weight excluding hydrogens is 210 g/mol. The number of carboxylic acids is 1. The summed E-state index contributed by atoms with van der Waals surface area (Å²) in [7, 11) is 0. The van der Waals surface area contributed by atoms with Crippen LogP contribution in [-0.2, 0) is 22.7 Å². The Kier molecular flexibility index (Phi) is 2.06. The molecule has 4 heteroatoms. The number of nitrogens with one attached hydrogen (secondary N) is 1. The summed E-state index contributed by atoms with van der Waals surface area (Å²) in [4.78, 5) is 14.3. The second kappa shape index (κ2) is 3.30. The molecule has 3 nitrogen and oxygen atoms in total. The lowest BCUT2D eigenvalue weighted by Gasteiger charge is -2.02. The number of aliphatic carboxylic acids is 1. The van der Waals surface area contributed by atoms with Crippen LogP contribution in [0.3, 0.4) is 0 Å². The van der Waals surface area contributed by atoms with E-state index in [4.69, 9.17) is 5.11 Å². The molecular formula is C11H13NO2S. The number of aromatic nitrogens is 1. The monoisotopic (exact) mass is 223 g/mol. The lowest BCUT2D eigenvalue weighted by Crippen LogP contribution is -2.03. The lowest BCUT2D eigenvalue weighted by molar-refractivity contribution is -0.136. The molecule has 0 amide bonds. The lowest BCUT2D eigenvalue weighted by atomic mass is 10.0. The minimum Gasteiger partial charge on any atom is -0.481 e. The third-order valence-electron chi connectivity index (χ3n) is 3.15. The van der Waals surface area contributed by atoms with Gasteiger partial charge in [-0.05, 0) is 29.9 Å². The largest absolute Gasteiger partial charge is 0.481 e. The Balaban J connectivity index is 2.02. The highest BCUT2D eigenvalue weighted by Crippen LogP contribution is 2.45. The molecule has 0 bridgehead atoms. The zero-order valence-electron chi connectivity index (χ0n) is 8.38. The van der Waals surface area contributed by atoms with Gasteiger partial charge in [0.25, 0.3) is 0 Å². The molecule has 15 heavy (non-hydrogen) atoms. The first-order chi connectivity index (χ1) is 7.25. The Morgan fingerprint density at radius 2 is 2.27 bits per heavy atom. The molecule has 0 spiro atoms. The molecule has 1 aliphatic heterocycles. The van der Waals surface area contributed by atoms with E-state index >= 15 is 0 Å². The number of carboxylic acid groups (broad SMARTS) is 1. The normalized spacial score (nSPS) is 19.2. The first-order valence-corrected chi connectivity index (χ1v) is 6.43. The van der Waals surface area contributed by atoms with Crippen LogP contribution < -0.4 is 0 Å². The summed E-state index contributed by atoms with van der Waals surface area (Å²) >= 11 is 1.87. The highest BCUT2D eigenvalue weighted by atomic mass is 32.2. The molecule has 0 atom stereocenters. The molecule has 0 aromatic carbocycles. The van der Waals surface area contributed by atoms with Gasteiger partial charge in [-0.15, -0.1) is 0 Å². The van der Waals surface area contributed by atoms with Gasteiger partial charge < -0.3 is 10.1 Å². The van der Waals surface area contributed by atoms with E-state index in [1.165, 1.54) is 29.8 Å². The van der Waals surface area contributed by atoms with Crippen molar-refractivity contribution in [1.29, 1.82) is 0 Å². The van der Waals surface area contributed by atoms with E-state index in [9.17, 15) is 4.79 Å². The number of aromatic amines is 1. The SMILES string of the molecule is O=C(O)Cc1c(C2CC2)[nH]c2c1CSC2. The molecule has 1 aromatic heterocycles. The standard InChI is InChI=1S/C11H13NO2S/c13-10(14)3-7-8-4-15-5-9(8)12-11(7)6-1-2-6/h6,12H,1-5H2,(H,13,14). The van der Waals surface area contributed by atoms with E-state index in [1.807, 2.05) is 11.8 Å². The van der Waals surface area contributed by atoms with E-state index in [1.54, 1.807) is 0 Å². The van der Waals surface area contributed by atoms with Gasteiger partial charge in [0.05, 0.1) is 6.42 Å². The van der Waals surface area contributed by atoms with Crippen molar-refractivity contribution in [2.75, 3.05) is 0 Å². The topological polar surface area (TPSA) is 53.1 Å². The van der Waals surface area contributed by atoms with Crippen molar-refractivity contribution >= 4 is 17.7 Å². The summed E-state index contributed by atoms with van der Waals surface area (Å²) < 4.78 is 0. The Morgan fingerprint density at radius 3 is 2.93 bits per heavy atom. The van der Waals surface area contributed by atoms with Crippen LogP contribution in [0.2, 0.25) is 0 Å². The number of hydrogen-bond donors (Lipinski definition) is 2. The molecule has 1 fully saturated rings. The molecule has 2 aliphatic rings. The van der Waals surface area contributed by atoms with Crippen molar-refractivity contribution in [3.8, 4) is 0 Å². The third-order valence-corrected chi connectivity index (χ3v) is 4.13. The van der Waals surface area contributed by atoms with Crippen molar-refractivity contribution in [1.82, 2.24) is 4.98 Å². The first kappa shape index (κ1) is 9.33. The average molecular weight is 223 g/mol. The molecule has 3 rings (SSSR count). The average Bonchev–Trinajstić information content (AvgIpc) is 2.82. The summed E-state index contributed by atoms with van der Waals surface area (Å²) in [6.07, 6.45) is 2.64. The number of carbonyl (C=O) groups is 1. The fourth-order valence-electron chi connectivity index (χ4n) is 2.28. The van der Waals surface area contributed by atoms with E-state index < -0.39 is 5.97 Å². The molecule has 0 unspecified atom stereocenters. The number of H-pyrrole nitrogens is 1. The van der Waals surface area contributed by atoms with Gasteiger partial charge in [-0.1, -0.05) is 0 Å². The predicted molar refractivity (Wildman–Crippen MR) is 59.1 cm³/mol. The number of hydrogen-bond acceptors (Lipinski definition) is 2. The van der Waals surface area contributed by atoms with Gasteiger partial charge in [-0.2, -0.15) is 11.8 Å². The third kappa shape index (κ3) is 1.57. The van der Waals surface area contributed by atoms with Crippen LogP contribution in [0.4, 0.5) is 0 Å². The summed E-state index contributed by atoms with van der Waals surface area (Å²) in [6, 6.07) is 0. The van der Waals surface area contributed by atoms with Gasteiger partial charge in [0.15, 0.2) is 0 Å². The Morgan fingerprint density at radius 1 is 1.47 bits per heavy atom. The molecule has 2 N–H and O–H groups in total. The van der Waals surface area contributed by atoms with Crippen LogP contribution in [0.1, 0.15) is 41.3 Å². The van der Waals surface area contributed by atoms with Gasteiger partial charge in [0.1, 0.15) is 0 Å². The summed E-state index contributed by atoms with van der Waals surface area (Å²) in [6.45, 7) is 0. The van der Waals surface area contributed by atoms with Gasteiger partial charge in [0.2, 0.25) is 0 Å². The molecule has 2 heterocycles. The van der Waals surface area contributed by atoms with Crippen molar-refractivity contribution in [2.24, 2.45) is 0 Å². The van der Waals surface area contributed by atoms with E-state index in [2.05, 4.69) is 4.98 Å². The maximum Gasteiger partial charge on any atom is 0.307 e. The van der Waals surface area contributed by atoms with Crippen LogP contribution in [0.5, 0.6) is 0 Å². The van der Waals surface area contributed by atoms with Crippen molar-refractivity contribution in [3.05, 3.63) is 22.5 Å². The number of fused-ring (bicyclic) bond motifs is 1. The molecule has 0 saturated heterocycles. The van der Waals surface area contributed by atoms with Gasteiger partial charge in [-0.3, -0.25) is 4.79 Å². The quantitative estimate of drug-likeness (QED) is 0.826. The number of rotatable bonds is 3. The molecule has 1 saturated carbocycles. The van der Waals surface area contributed by atoms with Gasteiger partial charge in [0, 0.05) is 22.9 Å². The Labute approximate surface area is 92.3 Å². The maximum absolute atomic E-state index is 10.8. The summed E-state index contributed by atoms with van der Waals surface area (Å²) in [5.74, 6) is 1.92. The fraction of sp³-hybridized carbons (Fsp3) is 0.545. The first-order valence-electron chi connectivity index (χ1n) is 5.27. The summed E-state index contributed by atoms with van der Waals surface area (Å²) in [5.41, 5.74) is 4.87. The zero-order chi connectivity index (χ0) is 10.4. The second-order valence-electron chi connectivity index (χ2n) is 4.31. The van der Waals surface area contributed by atoms with Crippen LogP contribution in [0, 0.1) is 0 Å². The molecule has 1 aromatic rings.